The van der Waals surface area contributed by atoms with E-state index in [9.17, 15) is 10.2 Å². The molecule has 1 heterocycles. The molecule has 1 fully saturated rings. The number of aliphatic hydroxyl groups is 2. The Bertz CT molecular complexity index is 514. The first-order chi connectivity index (χ1) is 11.9. The van der Waals surface area contributed by atoms with Crippen molar-refractivity contribution < 1.29 is 19.7 Å². The summed E-state index contributed by atoms with van der Waals surface area (Å²) in [5.41, 5.74) is 1.35. The van der Waals surface area contributed by atoms with Crippen LogP contribution in [0.4, 0.5) is 0 Å². The Morgan fingerprint density at radius 1 is 1.20 bits per heavy atom. The molecule has 1 aromatic carbocycles. The third kappa shape index (κ3) is 7.28. The van der Waals surface area contributed by atoms with Crippen molar-refractivity contribution in [2.24, 2.45) is 0 Å². The molecule has 1 aliphatic heterocycles. The van der Waals surface area contributed by atoms with E-state index in [0.29, 0.717) is 12.8 Å². The van der Waals surface area contributed by atoms with Crippen LogP contribution in [0.3, 0.4) is 0 Å². The second kappa shape index (κ2) is 9.48. The Hall–Kier alpha value is -1.20. The maximum Gasteiger partial charge on any atom is 0.163 e. The van der Waals surface area contributed by atoms with Crippen LogP contribution in [0.2, 0.25) is 0 Å². The van der Waals surface area contributed by atoms with Crippen molar-refractivity contribution in [3.63, 3.8) is 0 Å². The van der Waals surface area contributed by atoms with E-state index in [-0.39, 0.29) is 12.2 Å². The molecule has 0 aliphatic carbocycles. The minimum absolute atomic E-state index is 0.0579. The minimum Gasteiger partial charge on any atom is -0.393 e. The molecule has 0 amide bonds. The molecule has 1 aromatic rings. The monoisotopic (exact) mass is 348 g/mol. The summed E-state index contributed by atoms with van der Waals surface area (Å²) >= 11 is 0. The van der Waals surface area contributed by atoms with Gasteiger partial charge in [-0.15, -0.1) is 6.58 Å². The predicted octanol–water partition coefficient (Wildman–Crippen LogP) is 3.61. The summed E-state index contributed by atoms with van der Waals surface area (Å²) in [6.07, 6.45) is 4.91. The van der Waals surface area contributed by atoms with E-state index in [1.54, 1.807) is 0 Å². The lowest BCUT2D eigenvalue weighted by molar-refractivity contribution is -0.303. The average molecular weight is 348 g/mol. The van der Waals surface area contributed by atoms with E-state index in [4.69, 9.17) is 9.47 Å². The molecule has 1 aliphatic rings. The number of aliphatic hydroxyl groups excluding tert-OH is 2. The molecule has 1 saturated heterocycles. The van der Waals surface area contributed by atoms with Crippen molar-refractivity contribution in [2.45, 2.75) is 82.6 Å². The second-order valence-corrected chi connectivity index (χ2v) is 7.42. The maximum atomic E-state index is 10.2. The molecule has 2 N–H and O–H groups in total. The van der Waals surface area contributed by atoms with E-state index in [0.717, 1.165) is 25.7 Å². The van der Waals surface area contributed by atoms with Gasteiger partial charge < -0.3 is 19.7 Å². The molecule has 0 radical (unpaired) electrons. The lowest BCUT2D eigenvalue weighted by atomic mass is 9.96. The number of hydrogen-bond acceptors (Lipinski definition) is 4. The molecule has 0 bridgehead atoms. The molecule has 0 aromatic heterocycles. The van der Waals surface area contributed by atoms with E-state index >= 15 is 0 Å². The zero-order valence-electron chi connectivity index (χ0n) is 15.4. The lowest BCUT2D eigenvalue weighted by Crippen LogP contribution is -2.45. The normalized spacial score (nSPS) is 25.3. The Labute approximate surface area is 151 Å². The van der Waals surface area contributed by atoms with Gasteiger partial charge in [0.2, 0.25) is 0 Å². The molecule has 2 rings (SSSR count). The zero-order valence-corrected chi connectivity index (χ0v) is 15.4. The molecule has 0 spiro atoms. The van der Waals surface area contributed by atoms with Crippen LogP contribution in [0.1, 0.15) is 51.5 Å². The van der Waals surface area contributed by atoms with Gasteiger partial charge in [0.25, 0.3) is 0 Å². The Morgan fingerprint density at radius 2 is 1.88 bits per heavy atom. The molecule has 4 heteroatoms. The Kier molecular flexibility index (Phi) is 7.63. The van der Waals surface area contributed by atoms with Gasteiger partial charge in [0.15, 0.2) is 5.79 Å². The number of rotatable bonds is 9. The third-order valence-corrected chi connectivity index (χ3v) is 4.58. The summed E-state index contributed by atoms with van der Waals surface area (Å²) < 4.78 is 12.0. The fourth-order valence-electron chi connectivity index (χ4n) is 3.49. The summed E-state index contributed by atoms with van der Waals surface area (Å²) in [6, 6.07) is 10.5. The highest BCUT2D eigenvalue weighted by atomic mass is 16.7. The highest BCUT2D eigenvalue weighted by Gasteiger charge is 2.36. The largest absolute Gasteiger partial charge is 0.393 e. The molecular weight excluding hydrogens is 316 g/mol. The van der Waals surface area contributed by atoms with Gasteiger partial charge in [-0.05, 0) is 45.1 Å². The highest BCUT2D eigenvalue weighted by molar-refractivity contribution is 5.14. The van der Waals surface area contributed by atoms with Gasteiger partial charge >= 0.3 is 0 Å². The molecule has 0 unspecified atom stereocenters. The summed E-state index contributed by atoms with van der Waals surface area (Å²) in [5.74, 6) is -0.642. The molecule has 4 nitrogen and oxygen atoms in total. The summed E-state index contributed by atoms with van der Waals surface area (Å²) in [7, 11) is 0. The minimum atomic E-state index is -0.676. The first kappa shape index (κ1) is 20.1. The van der Waals surface area contributed by atoms with Crippen molar-refractivity contribution in [3.05, 3.63) is 48.6 Å². The Balaban J connectivity index is 1.81. The molecule has 25 heavy (non-hydrogen) atoms. The maximum absolute atomic E-state index is 10.2. The highest BCUT2D eigenvalue weighted by Crippen LogP contribution is 2.31. The predicted molar refractivity (Wildman–Crippen MR) is 99.3 cm³/mol. The van der Waals surface area contributed by atoms with E-state index in [1.807, 2.05) is 19.9 Å². The number of aryl methyl sites for hydroxylation is 1. The third-order valence-electron chi connectivity index (χ3n) is 4.58. The summed E-state index contributed by atoms with van der Waals surface area (Å²) in [4.78, 5) is 0. The fourth-order valence-corrected chi connectivity index (χ4v) is 3.49. The molecule has 0 saturated carbocycles. The van der Waals surface area contributed by atoms with Gasteiger partial charge in [-0.2, -0.15) is 0 Å². The van der Waals surface area contributed by atoms with Crippen LogP contribution < -0.4 is 0 Å². The zero-order chi connectivity index (χ0) is 18.3. The van der Waals surface area contributed by atoms with Gasteiger partial charge in [-0.1, -0.05) is 36.4 Å². The summed E-state index contributed by atoms with van der Waals surface area (Å²) in [6.45, 7) is 7.39. The van der Waals surface area contributed by atoms with Crippen LogP contribution in [0, 0.1) is 0 Å². The molecular formula is C21H32O4. The van der Waals surface area contributed by atoms with Gasteiger partial charge in [-0.25, -0.2) is 0 Å². The van der Waals surface area contributed by atoms with Gasteiger partial charge in [0.1, 0.15) is 0 Å². The van der Waals surface area contributed by atoms with Crippen LogP contribution in [0.25, 0.3) is 0 Å². The quantitative estimate of drug-likeness (QED) is 0.669. The fraction of sp³-hybridized carbons (Fsp3) is 0.619. The van der Waals surface area contributed by atoms with Crippen LogP contribution in [0.15, 0.2) is 43.0 Å². The molecule has 140 valence electrons. The smallest absolute Gasteiger partial charge is 0.163 e. The average Bonchev–Trinajstić information content (AvgIpc) is 2.54. The van der Waals surface area contributed by atoms with Crippen LogP contribution in [-0.4, -0.2) is 40.4 Å². The SMILES string of the molecule is C=C[C@H](O)C[C@H](O)C[C@H]1C[C@H](CCCc2ccccc2)OC(C)(C)O1. The van der Waals surface area contributed by atoms with Crippen molar-refractivity contribution in [1.82, 2.24) is 0 Å². The van der Waals surface area contributed by atoms with E-state index in [2.05, 4.69) is 30.8 Å². The van der Waals surface area contributed by atoms with Crippen LogP contribution >= 0.6 is 0 Å². The van der Waals surface area contributed by atoms with Gasteiger partial charge in [0, 0.05) is 12.8 Å². The number of ether oxygens (including phenoxy) is 2. The number of benzene rings is 1. The summed E-state index contributed by atoms with van der Waals surface area (Å²) in [5, 5.41) is 19.7. The van der Waals surface area contributed by atoms with E-state index in [1.165, 1.54) is 11.6 Å². The van der Waals surface area contributed by atoms with E-state index < -0.39 is 18.0 Å². The standard InChI is InChI=1S/C21H32O4/c1-4-17(22)13-18(23)14-20-15-19(24-21(2,3)25-20)12-8-11-16-9-6-5-7-10-16/h4-7,9-10,17-20,22-23H,1,8,11-15H2,2-3H3/t17-,18-,19-,20-/m0/s1. The Morgan fingerprint density at radius 3 is 2.56 bits per heavy atom. The van der Waals surface area contributed by atoms with Gasteiger partial charge in [0.05, 0.1) is 24.4 Å². The number of hydrogen-bond donors (Lipinski definition) is 2. The second-order valence-electron chi connectivity index (χ2n) is 7.42. The lowest BCUT2D eigenvalue weighted by Gasteiger charge is -2.41. The first-order valence-electron chi connectivity index (χ1n) is 9.26. The van der Waals surface area contributed by atoms with Crippen molar-refractivity contribution in [3.8, 4) is 0 Å². The van der Waals surface area contributed by atoms with Crippen molar-refractivity contribution >= 4 is 0 Å². The molecule has 4 atom stereocenters. The topological polar surface area (TPSA) is 58.9 Å². The van der Waals surface area contributed by atoms with Crippen LogP contribution in [-0.2, 0) is 15.9 Å². The van der Waals surface area contributed by atoms with Crippen molar-refractivity contribution in [2.75, 3.05) is 0 Å². The van der Waals surface area contributed by atoms with Crippen LogP contribution in [0.5, 0.6) is 0 Å². The van der Waals surface area contributed by atoms with Crippen molar-refractivity contribution in [1.29, 1.82) is 0 Å². The first-order valence-corrected chi connectivity index (χ1v) is 9.26. The van der Waals surface area contributed by atoms with Gasteiger partial charge in [-0.3, -0.25) is 0 Å².